The molecule has 6 heavy (non-hydrogen) atoms. The van der Waals surface area contributed by atoms with Gasteiger partial charge in [-0.25, -0.2) is 0 Å². The van der Waals surface area contributed by atoms with Crippen molar-refractivity contribution in [3.05, 3.63) is 36.3 Å². The van der Waals surface area contributed by atoms with Gasteiger partial charge in [0.05, 0.1) is 8.22 Å². The van der Waals surface area contributed by atoms with Gasteiger partial charge in [-0.3, -0.25) is 0 Å². The Labute approximate surface area is 45.9 Å². The van der Waals surface area contributed by atoms with Crippen molar-refractivity contribution in [1.29, 1.82) is 0 Å². The van der Waals surface area contributed by atoms with E-state index in [1.54, 1.807) is 0 Å². The van der Waals surface area contributed by atoms with Crippen LogP contribution >= 0.6 is 0 Å². The molecule has 0 fully saturated rings. The van der Waals surface area contributed by atoms with E-state index in [1.165, 1.54) is 0 Å². The first-order valence-electron chi connectivity index (χ1n) is 4.50. The molecule has 0 aliphatic heterocycles. The molecule has 0 radical (unpaired) electrons. The Bertz CT molecular complexity index is 226. The van der Waals surface area contributed by atoms with E-state index in [0.29, 0.717) is 0 Å². The first kappa shape index (κ1) is 0.738. The van der Waals surface area contributed by atoms with Crippen LogP contribution in [0.25, 0.3) is 0 Å². The van der Waals surface area contributed by atoms with E-state index < -0.39 is 36.3 Å². The molecule has 0 aliphatic carbocycles. The zero-order valence-corrected chi connectivity index (χ0v) is 3.00. The normalized spacial score (nSPS) is 22.0. The predicted molar refractivity (Wildman–Crippen MR) is 26.4 cm³/mol. The summed E-state index contributed by atoms with van der Waals surface area (Å²) in [6.07, 6.45) is 0. The number of rotatable bonds is 0. The highest BCUT2D eigenvalue weighted by atomic mass is 14.0. The van der Waals surface area contributed by atoms with Crippen molar-refractivity contribution < 1.29 is 8.22 Å². The second kappa shape index (κ2) is 1.61. The van der Waals surface area contributed by atoms with E-state index in [-0.39, 0.29) is 0 Å². The van der Waals surface area contributed by atoms with Crippen molar-refractivity contribution in [2.45, 2.75) is 0 Å². The van der Waals surface area contributed by atoms with Crippen LogP contribution in [0.2, 0.25) is 0 Å². The molecule has 0 amide bonds. The molecule has 0 unspecified atom stereocenters. The zero-order valence-electron chi connectivity index (χ0n) is 9.00. The molecule has 0 aromatic heterocycles. The van der Waals surface area contributed by atoms with Gasteiger partial charge in [0.2, 0.25) is 0 Å². The highest BCUT2D eigenvalue weighted by Crippen LogP contribution is 1.79. The number of hydrogen-bond donors (Lipinski definition) is 0. The third-order valence-electron chi connectivity index (χ3n) is 0.375. The molecule has 0 heterocycles. The van der Waals surface area contributed by atoms with Gasteiger partial charge < -0.3 is 0 Å². The smallest absolute Gasteiger partial charge is 0.0623 e. The Morgan fingerprint density at radius 3 is 1.00 bits per heavy atom. The van der Waals surface area contributed by atoms with Crippen LogP contribution in [-0.4, -0.2) is 0 Å². The molecule has 0 atom stereocenters. The van der Waals surface area contributed by atoms with Crippen molar-refractivity contribution in [1.82, 2.24) is 0 Å². The number of benzene rings is 1. The van der Waals surface area contributed by atoms with Crippen molar-refractivity contribution in [3.63, 3.8) is 0 Å². The molecular formula is C6H6. The third-order valence-corrected chi connectivity index (χ3v) is 0.375. The molecule has 0 bridgehead atoms. The average Bonchev–Trinajstić information content (AvgIpc) is 2.08. The Morgan fingerprint density at radius 2 is 0.833 bits per heavy atom. The fourth-order valence-electron chi connectivity index (χ4n) is 0.188. The van der Waals surface area contributed by atoms with Crippen LogP contribution in [-0.2, 0) is 0 Å². The van der Waals surface area contributed by atoms with Crippen molar-refractivity contribution >= 4 is 0 Å². The van der Waals surface area contributed by atoms with Crippen LogP contribution < -0.4 is 0 Å². The summed E-state index contributed by atoms with van der Waals surface area (Å²) >= 11 is 0. The standard InChI is InChI=1S/C6H6/c1-2-4-6-5-3-1/h1-6H/i1D,2D,3D,4D,5D,6+1D. The Hall–Kier alpha value is -0.780. The second-order valence-corrected chi connectivity index (χ2v) is 0.750. The lowest BCUT2D eigenvalue weighted by molar-refractivity contribution is 1.72. The van der Waals surface area contributed by atoms with Crippen LogP contribution in [0.5, 0.6) is 0 Å². The van der Waals surface area contributed by atoms with Crippen LogP contribution in [0.15, 0.2) is 36.3 Å². The lowest BCUT2D eigenvalue weighted by atomic mass is 10.5. The van der Waals surface area contributed by atoms with Gasteiger partial charge in [0.1, 0.15) is 0 Å². The van der Waals surface area contributed by atoms with Gasteiger partial charge in [0.25, 0.3) is 0 Å². The van der Waals surface area contributed by atoms with Gasteiger partial charge in [0.15, 0.2) is 0 Å². The minimum absolute atomic E-state index is 0.457. The molecular weight excluding hydrogens is 73.1 g/mol. The van der Waals surface area contributed by atoms with Crippen molar-refractivity contribution in [2.24, 2.45) is 0 Å². The SMILES string of the molecule is [2H]c1c([2H])c([2H])[13c]([2H])c([2H])c1[2H]. The predicted octanol–water partition coefficient (Wildman–Crippen LogP) is 1.69. The van der Waals surface area contributed by atoms with E-state index in [9.17, 15) is 0 Å². The summed E-state index contributed by atoms with van der Waals surface area (Å²) in [6.45, 7) is 0. The zero-order chi connectivity index (χ0) is 9.46. The summed E-state index contributed by atoms with van der Waals surface area (Å²) in [7, 11) is 0. The fraction of sp³-hybridized carbons (Fsp3) is 0. The summed E-state index contributed by atoms with van der Waals surface area (Å²) in [5.74, 6) is 0. The first-order chi connectivity index (χ1) is 5.46. The van der Waals surface area contributed by atoms with Crippen molar-refractivity contribution in [3.8, 4) is 0 Å². The van der Waals surface area contributed by atoms with Gasteiger partial charge in [-0.1, -0.05) is 36.3 Å². The van der Waals surface area contributed by atoms with Gasteiger partial charge in [-0.05, 0) is 0 Å². The third kappa shape index (κ3) is 0.582. The minimum atomic E-state index is -0.457. The molecule has 1 aromatic carbocycles. The Kier molecular flexibility index (Phi) is 0.198. The molecule has 0 heteroatoms. The van der Waals surface area contributed by atoms with Crippen LogP contribution in [0.3, 0.4) is 0 Å². The molecule has 0 aliphatic rings. The van der Waals surface area contributed by atoms with Gasteiger partial charge in [-0.15, -0.1) is 0 Å². The topological polar surface area (TPSA) is 0 Å². The second-order valence-electron chi connectivity index (χ2n) is 0.750. The molecule has 0 spiro atoms. The van der Waals surface area contributed by atoms with Crippen LogP contribution in [0.1, 0.15) is 8.22 Å². The molecule has 0 saturated heterocycles. The lowest BCUT2D eigenvalue weighted by Crippen LogP contribution is -1.47. The number of hydrogen-bond acceptors (Lipinski definition) is 0. The van der Waals surface area contributed by atoms with Gasteiger partial charge in [0, 0.05) is 0 Å². The Morgan fingerprint density at radius 1 is 0.667 bits per heavy atom. The van der Waals surface area contributed by atoms with Crippen molar-refractivity contribution in [2.75, 3.05) is 0 Å². The van der Waals surface area contributed by atoms with E-state index in [2.05, 4.69) is 0 Å². The largest absolute Gasteiger partial charge is 0.0623 e. The molecule has 1 rings (SSSR count). The maximum absolute atomic E-state index is 7.12. The summed E-state index contributed by atoms with van der Waals surface area (Å²) in [4.78, 5) is 0. The summed E-state index contributed by atoms with van der Waals surface area (Å²) in [6, 6.07) is -2.74. The summed E-state index contributed by atoms with van der Waals surface area (Å²) in [5, 5.41) is 0. The lowest BCUT2D eigenvalue weighted by Gasteiger charge is -1.69. The highest BCUT2D eigenvalue weighted by molar-refractivity contribution is 4.99. The van der Waals surface area contributed by atoms with E-state index >= 15 is 0 Å². The first-order valence-corrected chi connectivity index (χ1v) is 1.50. The van der Waals surface area contributed by atoms with E-state index in [0.717, 1.165) is 0 Å². The molecule has 30 valence electrons. The summed E-state index contributed by atoms with van der Waals surface area (Å²) < 4.78 is 42.7. The minimum Gasteiger partial charge on any atom is -0.0623 e. The maximum atomic E-state index is 7.12. The molecule has 1 aromatic rings. The molecule has 0 saturated carbocycles. The maximum Gasteiger partial charge on any atom is 0.0623 e. The van der Waals surface area contributed by atoms with Crippen LogP contribution in [0.4, 0.5) is 0 Å². The molecule has 0 N–H and O–H groups in total. The van der Waals surface area contributed by atoms with Gasteiger partial charge >= 0.3 is 0 Å². The average molecular weight is 85.1 g/mol. The fourth-order valence-corrected chi connectivity index (χ4v) is 0.188. The van der Waals surface area contributed by atoms with Crippen LogP contribution in [0, 0.1) is 0 Å². The quantitative estimate of drug-likeness (QED) is 0.449. The van der Waals surface area contributed by atoms with E-state index in [1.807, 2.05) is 0 Å². The monoisotopic (exact) mass is 85.1 g/mol. The van der Waals surface area contributed by atoms with E-state index in [4.69, 9.17) is 8.22 Å². The highest BCUT2D eigenvalue weighted by Gasteiger charge is 1.57. The molecule has 0 nitrogen and oxygen atoms in total. The Balaban J connectivity index is 3.60. The summed E-state index contributed by atoms with van der Waals surface area (Å²) in [5.41, 5.74) is 0. The van der Waals surface area contributed by atoms with Gasteiger partial charge in [-0.2, -0.15) is 0 Å².